The van der Waals surface area contributed by atoms with Crippen molar-refractivity contribution in [1.29, 1.82) is 0 Å². The van der Waals surface area contributed by atoms with Crippen molar-refractivity contribution in [3.05, 3.63) is 28.8 Å². The lowest BCUT2D eigenvalue weighted by Crippen LogP contribution is -2.37. The molecular weight excluding hydrogens is 378 g/mol. The first-order valence-electron chi connectivity index (χ1n) is 10.1. The molecule has 2 aliphatic rings. The quantitative estimate of drug-likeness (QED) is 0.677. The van der Waals surface area contributed by atoms with Crippen LogP contribution in [0.4, 0.5) is 5.69 Å². The fourth-order valence-corrected chi connectivity index (χ4v) is 5.21. The number of halogens is 1. The number of carbonyl (C=O) groups excluding carboxylic acids is 1. The number of thioether (sulfide) groups is 1. The summed E-state index contributed by atoms with van der Waals surface area (Å²) < 4.78 is 0. The molecule has 1 aromatic carbocycles. The van der Waals surface area contributed by atoms with Gasteiger partial charge in [0.25, 0.3) is 0 Å². The lowest BCUT2D eigenvalue weighted by molar-refractivity contribution is -0.116. The summed E-state index contributed by atoms with van der Waals surface area (Å²) in [7, 11) is 0. The molecule has 1 N–H and O–H groups in total. The van der Waals surface area contributed by atoms with Crippen LogP contribution in [-0.4, -0.2) is 40.4 Å². The molecule has 1 aromatic rings. The molecule has 1 saturated carbocycles. The Balaban J connectivity index is 1.61. The third kappa shape index (κ3) is 5.64. The van der Waals surface area contributed by atoms with E-state index in [2.05, 4.69) is 17.1 Å². The summed E-state index contributed by atoms with van der Waals surface area (Å²) in [5, 5.41) is 4.83. The van der Waals surface area contributed by atoms with Gasteiger partial charge in [0.1, 0.15) is 0 Å². The van der Waals surface area contributed by atoms with Crippen molar-refractivity contribution in [3.8, 4) is 0 Å². The van der Waals surface area contributed by atoms with Crippen LogP contribution in [0.5, 0.6) is 0 Å². The Morgan fingerprint density at radius 2 is 2.11 bits per heavy atom. The summed E-state index contributed by atoms with van der Waals surface area (Å²) in [4.78, 5) is 20.0. The number of aliphatic imine (C=N–C) groups is 1. The van der Waals surface area contributed by atoms with E-state index in [1.807, 2.05) is 36.9 Å². The van der Waals surface area contributed by atoms with E-state index in [1.165, 1.54) is 32.1 Å². The Labute approximate surface area is 172 Å². The highest BCUT2D eigenvalue weighted by Gasteiger charge is 2.32. The van der Waals surface area contributed by atoms with Gasteiger partial charge in [0.05, 0.1) is 6.04 Å². The normalized spacial score (nSPS) is 22.4. The number of benzene rings is 1. The van der Waals surface area contributed by atoms with Crippen LogP contribution >= 0.6 is 23.4 Å². The molecule has 0 spiro atoms. The van der Waals surface area contributed by atoms with E-state index in [0.717, 1.165) is 35.1 Å². The number of hydrogen-bond donors (Lipinski definition) is 1. The zero-order valence-electron chi connectivity index (χ0n) is 16.3. The second kappa shape index (κ2) is 9.83. The largest absolute Gasteiger partial charge is 0.347 e. The topological polar surface area (TPSA) is 44.7 Å². The number of carbonyl (C=O) groups is 1. The van der Waals surface area contributed by atoms with Crippen molar-refractivity contribution in [1.82, 2.24) is 4.90 Å². The van der Waals surface area contributed by atoms with Gasteiger partial charge in [-0.2, -0.15) is 0 Å². The van der Waals surface area contributed by atoms with Crippen LogP contribution in [0, 0.1) is 6.92 Å². The van der Waals surface area contributed by atoms with E-state index < -0.39 is 0 Å². The highest BCUT2D eigenvalue weighted by atomic mass is 35.5. The molecule has 0 aromatic heterocycles. The van der Waals surface area contributed by atoms with Crippen molar-refractivity contribution >= 4 is 40.1 Å². The van der Waals surface area contributed by atoms with E-state index in [0.29, 0.717) is 17.5 Å². The molecule has 4 nitrogen and oxygen atoms in total. The van der Waals surface area contributed by atoms with Crippen LogP contribution in [0.1, 0.15) is 57.4 Å². The summed E-state index contributed by atoms with van der Waals surface area (Å²) in [6.45, 7) is 5.11. The van der Waals surface area contributed by atoms with Crippen LogP contribution in [0.25, 0.3) is 0 Å². The molecule has 1 heterocycles. The molecule has 0 bridgehead atoms. The van der Waals surface area contributed by atoms with Gasteiger partial charge in [-0.3, -0.25) is 9.79 Å². The molecule has 0 radical (unpaired) electrons. The summed E-state index contributed by atoms with van der Waals surface area (Å²) >= 11 is 7.98. The van der Waals surface area contributed by atoms with E-state index in [-0.39, 0.29) is 11.9 Å². The molecule has 1 amide bonds. The Hall–Kier alpha value is -1.20. The average Bonchev–Trinajstić information content (AvgIpc) is 3.01. The SMILES string of the molecule is CCCN1C(=NC2CCCCC2)SCC1CC(=O)Nc1ccc(C)c(Cl)c1. The molecule has 3 rings (SSSR count). The molecule has 1 aliphatic heterocycles. The second-order valence-corrected chi connectivity index (χ2v) is 8.97. The second-order valence-electron chi connectivity index (χ2n) is 7.58. The summed E-state index contributed by atoms with van der Waals surface area (Å²) in [5.74, 6) is 0.980. The average molecular weight is 408 g/mol. The van der Waals surface area contributed by atoms with Gasteiger partial charge in [-0.05, 0) is 43.9 Å². The van der Waals surface area contributed by atoms with Crippen molar-refractivity contribution in [3.63, 3.8) is 0 Å². The third-order valence-corrected chi connectivity index (χ3v) is 6.86. The minimum atomic E-state index is 0.0422. The number of rotatable bonds is 6. The molecule has 148 valence electrons. The first-order chi connectivity index (χ1) is 13.1. The molecular formula is C21H30ClN3OS. The van der Waals surface area contributed by atoms with Crippen LogP contribution < -0.4 is 5.32 Å². The Morgan fingerprint density at radius 3 is 2.81 bits per heavy atom. The summed E-state index contributed by atoms with van der Waals surface area (Å²) in [6, 6.07) is 6.35. The smallest absolute Gasteiger partial charge is 0.226 e. The van der Waals surface area contributed by atoms with E-state index in [1.54, 1.807) is 0 Å². The van der Waals surface area contributed by atoms with Gasteiger partial charge in [-0.25, -0.2) is 0 Å². The van der Waals surface area contributed by atoms with Gasteiger partial charge in [-0.1, -0.05) is 55.6 Å². The number of amides is 1. The number of amidine groups is 1. The number of hydrogen-bond acceptors (Lipinski definition) is 3. The predicted octanol–water partition coefficient (Wildman–Crippen LogP) is 5.49. The van der Waals surface area contributed by atoms with E-state index >= 15 is 0 Å². The van der Waals surface area contributed by atoms with Crippen LogP contribution in [0.15, 0.2) is 23.2 Å². The predicted molar refractivity (Wildman–Crippen MR) is 117 cm³/mol. The molecule has 1 saturated heterocycles. The number of aryl methyl sites for hydroxylation is 1. The third-order valence-electron chi connectivity index (χ3n) is 5.30. The summed E-state index contributed by atoms with van der Waals surface area (Å²) in [6.07, 6.45) is 7.92. The fraction of sp³-hybridized carbons (Fsp3) is 0.619. The Morgan fingerprint density at radius 1 is 1.33 bits per heavy atom. The molecule has 1 unspecified atom stereocenters. The van der Waals surface area contributed by atoms with E-state index in [4.69, 9.17) is 16.6 Å². The van der Waals surface area contributed by atoms with Crippen LogP contribution in [-0.2, 0) is 4.79 Å². The molecule has 6 heteroatoms. The fourth-order valence-electron chi connectivity index (χ4n) is 3.76. The monoisotopic (exact) mass is 407 g/mol. The maximum absolute atomic E-state index is 12.6. The van der Waals surface area contributed by atoms with Gasteiger partial charge >= 0.3 is 0 Å². The highest BCUT2D eigenvalue weighted by molar-refractivity contribution is 8.14. The number of nitrogens with one attached hydrogen (secondary N) is 1. The lowest BCUT2D eigenvalue weighted by atomic mass is 9.96. The zero-order valence-corrected chi connectivity index (χ0v) is 17.9. The van der Waals surface area contributed by atoms with Crippen LogP contribution in [0.3, 0.4) is 0 Å². The van der Waals surface area contributed by atoms with E-state index in [9.17, 15) is 4.79 Å². The number of anilines is 1. The van der Waals surface area contributed by atoms with Crippen molar-refractivity contribution in [2.45, 2.75) is 70.9 Å². The minimum absolute atomic E-state index is 0.0422. The lowest BCUT2D eigenvalue weighted by Gasteiger charge is -2.27. The van der Waals surface area contributed by atoms with Gasteiger partial charge in [0, 0.05) is 35.5 Å². The van der Waals surface area contributed by atoms with Gasteiger partial charge in [0.2, 0.25) is 5.91 Å². The molecule has 27 heavy (non-hydrogen) atoms. The van der Waals surface area contributed by atoms with Crippen molar-refractivity contribution < 1.29 is 4.79 Å². The minimum Gasteiger partial charge on any atom is -0.347 e. The first kappa shape index (κ1) is 20.5. The van der Waals surface area contributed by atoms with Crippen molar-refractivity contribution in [2.75, 3.05) is 17.6 Å². The van der Waals surface area contributed by atoms with Gasteiger partial charge < -0.3 is 10.2 Å². The molecule has 1 aliphatic carbocycles. The van der Waals surface area contributed by atoms with Crippen LogP contribution in [0.2, 0.25) is 5.02 Å². The zero-order chi connectivity index (χ0) is 19.2. The van der Waals surface area contributed by atoms with Gasteiger partial charge in [0.15, 0.2) is 5.17 Å². The first-order valence-corrected chi connectivity index (χ1v) is 11.5. The van der Waals surface area contributed by atoms with Crippen molar-refractivity contribution in [2.24, 2.45) is 4.99 Å². The Kier molecular flexibility index (Phi) is 7.48. The maximum atomic E-state index is 12.6. The Bertz CT molecular complexity index is 688. The summed E-state index contributed by atoms with van der Waals surface area (Å²) in [5.41, 5.74) is 1.78. The molecule has 1 atom stereocenters. The maximum Gasteiger partial charge on any atom is 0.226 e. The standard InChI is InChI=1S/C21H30ClN3OS/c1-3-11-25-18(14-27-21(25)24-16-7-5-4-6-8-16)13-20(26)23-17-10-9-15(2)19(22)12-17/h9-10,12,16,18H,3-8,11,13-14H2,1-2H3,(H,23,26). The number of nitrogens with zero attached hydrogens (tertiary/aromatic N) is 2. The van der Waals surface area contributed by atoms with Gasteiger partial charge in [-0.15, -0.1) is 0 Å². The highest BCUT2D eigenvalue weighted by Crippen LogP contribution is 2.30. The molecule has 2 fully saturated rings.